The Kier molecular flexibility index (Phi) is 263. The van der Waals surface area contributed by atoms with Gasteiger partial charge in [-0.3, -0.25) is 0 Å². The molecule has 0 fully saturated rings. The Morgan fingerprint density at radius 2 is 0.556 bits per heavy atom. The average Bonchev–Trinajstić information content (AvgIpc) is 2.53. The Labute approximate surface area is 121 Å². The van der Waals surface area contributed by atoms with Crippen LogP contribution in [-0.4, -0.2) is 0 Å². The van der Waals surface area contributed by atoms with Gasteiger partial charge in [0.1, 0.15) is 0 Å². The van der Waals surface area contributed by atoms with E-state index < -0.39 is 0 Å². The zero-order chi connectivity index (χ0) is 16.2. The Balaban J connectivity index is -0.0000000249. The molecule has 0 aliphatic rings. The van der Waals surface area contributed by atoms with E-state index in [1.165, 1.54) is 12.8 Å². The van der Waals surface area contributed by atoms with Gasteiger partial charge in [-0.1, -0.05) is 92.5 Å². The van der Waals surface area contributed by atoms with Gasteiger partial charge in [-0.15, -0.1) is 0 Å². The standard InChI is InChI=1S/C4H10.2C4H8.3C2H6/c3*1-3-4-2;3*1-2/h3-4H2,1-2H3;2*3-4H,1-2H3;3*1-2H3. The summed E-state index contributed by atoms with van der Waals surface area (Å²) in [5, 5.41) is 0. The van der Waals surface area contributed by atoms with Crippen molar-refractivity contribution in [1.29, 1.82) is 0 Å². The summed E-state index contributed by atoms with van der Waals surface area (Å²) in [6, 6.07) is 0. The number of hydrogen-bond acceptors (Lipinski definition) is 0. The molecule has 0 nitrogen and oxygen atoms in total. The van der Waals surface area contributed by atoms with Crippen LogP contribution in [0.1, 0.15) is 95.9 Å². The molecule has 0 aliphatic carbocycles. The summed E-state index contributed by atoms with van der Waals surface area (Å²) >= 11 is 0. The van der Waals surface area contributed by atoms with Crippen LogP contribution in [-0.2, 0) is 0 Å². The van der Waals surface area contributed by atoms with Crippen LogP contribution in [0, 0.1) is 0 Å². The van der Waals surface area contributed by atoms with E-state index in [9.17, 15) is 0 Å². The molecule has 0 saturated carbocycles. The van der Waals surface area contributed by atoms with E-state index in [4.69, 9.17) is 0 Å². The zero-order valence-corrected chi connectivity index (χ0v) is 15.7. The quantitative estimate of drug-likeness (QED) is 0.418. The molecule has 0 amide bonds. The van der Waals surface area contributed by atoms with Crippen LogP contribution in [0.2, 0.25) is 0 Å². The minimum atomic E-state index is 1.32. The highest BCUT2D eigenvalue weighted by Gasteiger charge is 1.56. The first-order valence-electron chi connectivity index (χ1n) is 7.89. The molecule has 0 spiro atoms. The molecule has 0 saturated heterocycles. The van der Waals surface area contributed by atoms with E-state index in [2.05, 4.69) is 13.8 Å². The lowest BCUT2D eigenvalue weighted by molar-refractivity contribution is 0.886. The van der Waals surface area contributed by atoms with Gasteiger partial charge in [-0.25, -0.2) is 0 Å². The van der Waals surface area contributed by atoms with Gasteiger partial charge in [-0.05, 0) is 27.7 Å². The highest BCUT2D eigenvalue weighted by Crippen LogP contribution is 1.76. The second-order valence-electron chi connectivity index (χ2n) is 2.33. The van der Waals surface area contributed by atoms with Crippen molar-refractivity contribution in [2.75, 3.05) is 0 Å². The Bertz CT molecular complexity index is 58.0. The number of rotatable bonds is 1. The smallest absolute Gasteiger partial charge is 0.0470 e. The van der Waals surface area contributed by atoms with Crippen LogP contribution in [0.5, 0.6) is 0 Å². The number of hydrogen-bond donors (Lipinski definition) is 0. The van der Waals surface area contributed by atoms with Crippen molar-refractivity contribution in [3.8, 4) is 0 Å². The Hall–Kier alpha value is -0.520. The molecule has 0 N–H and O–H groups in total. The summed E-state index contributed by atoms with van der Waals surface area (Å²) in [6.45, 7) is 24.4. The summed E-state index contributed by atoms with van der Waals surface area (Å²) in [7, 11) is 0. The molecular formula is C18H44. The van der Waals surface area contributed by atoms with Crippen molar-refractivity contribution in [3.63, 3.8) is 0 Å². The molecule has 18 heavy (non-hydrogen) atoms. The third-order valence-electron chi connectivity index (χ3n) is 1.17. The summed E-state index contributed by atoms with van der Waals surface area (Å²) in [5.74, 6) is 0. The summed E-state index contributed by atoms with van der Waals surface area (Å²) < 4.78 is 0. The first-order chi connectivity index (χ1) is 8.74. The van der Waals surface area contributed by atoms with Crippen LogP contribution in [0.25, 0.3) is 0 Å². The van der Waals surface area contributed by atoms with E-state index in [0.717, 1.165) is 0 Å². The fraction of sp³-hybridized carbons (Fsp3) is 0.778. The van der Waals surface area contributed by atoms with Crippen molar-refractivity contribution < 1.29 is 0 Å². The first kappa shape index (κ1) is 36.0. The monoisotopic (exact) mass is 260 g/mol. The number of allylic oxidation sites excluding steroid dienone is 4. The highest BCUT2D eigenvalue weighted by molar-refractivity contribution is 4.68. The molecule has 0 aromatic rings. The molecule has 0 heteroatoms. The van der Waals surface area contributed by atoms with E-state index >= 15 is 0 Å². The van der Waals surface area contributed by atoms with E-state index in [1.54, 1.807) is 0 Å². The van der Waals surface area contributed by atoms with Crippen LogP contribution in [0.3, 0.4) is 0 Å². The SMILES string of the molecule is CC.CC.CC.CC=CC.CC=CC.CCCC. The van der Waals surface area contributed by atoms with Gasteiger partial charge in [0, 0.05) is 0 Å². The molecule has 0 aliphatic heterocycles. The molecule has 0 radical (unpaired) electrons. The lowest BCUT2D eigenvalue weighted by Gasteiger charge is -1.68. The van der Waals surface area contributed by atoms with Gasteiger partial charge in [0.15, 0.2) is 0 Å². The average molecular weight is 261 g/mol. The minimum Gasteiger partial charge on any atom is -0.0919 e. The molecule has 0 atom stereocenters. The summed E-state index contributed by atoms with van der Waals surface area (Å²) in [6.07, 6.45) is 10.6. The first-order valence-corrected chi connectivity index (χ1v) is 7.89. The second-order valence-corrected chi connectivity index (χ2v) is 2.33. The molecule has 0 aromatic heterocycles. The third-order valence-corrected chi connectivity index (χ3v) is 1.17. The van der Waals surface area contributed by atoms with Gasteiger partial charge >= 0.3 is 0 Å². The second kappa shape index (κ2) is 132. The Morgan fingerprint density at radius 3 is 0.556 bits per heavy atom. The largest absolute Gasteiger partial charge is 0.0919 e. The maximum absolute atomic E-state index is 2.18. The topological polar surface area (TPSA) is 0 Å². The molecule has 116 valence electrons. The van der Waals surface area contributed by atoms with Crippen molar-refractivity contribution in [3.05, 3.63) is 24.3 Å². The molecule has 0 aromatic carbocycles. The van der Waals surface area contributed by atoms with Gasteiger partial charge in [-0.2, -0.15) is 0 Å². The van der Waals surface area contributed by atoms with Crippen LogP contribution in [0.4, 0.5) is 0 Å². The molecule has 0 heterocycles. The lowest BCUT2D eigenvalue weighted by Crippen LogP contribution is -1.47. The van der Waals surface area contributed by atoms with E-state index in [0.29, 0.717) is 0 Å². The fourth-order valence-corrected chi connectivity index (χ4v) is 0. The zero-order valence-electron chi connectivity index (χ0n) is 15.7. The van der Waals surface area contributed by atoms with Crippen molar-refractivity contribution in [2.24, 2.45) is 0 Å². The molecule has 0 unspecified atom stereocenters. The van der Waals surface area contributed by atoms with Gasteiger partial charge in [0.05, 0.1) is 0 Å². The normalized spacial score (nSPS) is 6.89. The summed E-state index contributed by atoms with van der Waals surface area (Å²) in [5.41, 5.74) is 0. The van der Waals surface area contributed by atoms with Crippen LogP contribution in [0.15, 0.2) is 24.3 Å². The van der Waals surface area contributed by atoms with Gasteiger partial charge in [0.25, 0.3) is 0 Å². The lowest BCUT2D eigenvalue weighted by atomic mass is 10.4. The van der Waals surface area contributed by atoms with Crippen molar-refractivity contribution >= 4 is 0 Å². The highest BCUT2D eigenvalue weighted by atomic mass is 13.6. The maximum atomic E-state index is 2.18. The van der Waals surface area contributed by atoms with Crippen LogP contribution < -0.4 is 0 Å². The Morgan fingerprint density at radius 1 is 0.444 bits per heavy atom. The number of unbranched alkanes of at least 4 members (excludes halogenated alkanes) is 1. The van der Waals surface area contributed by atoms with Gasteiger partial charge < -0.3 is 0 Å². The predicted molar refractivity (Wildman–Crippen MR) is 95.6 cm³/mol. The van der Waals surface area contributed by atoms with Gasteiger partial charge in [0.2, 0.25) is 0 Å². The van der Waals surface area contributed by atoms with E-state index in [-0.39, 0.29) is 0 Å². The van der Waals surface area contributed by atoms with E-state index in [1.807, 2.05) is 93.5 Å². The minimum absolute atomic E-state index is 1.32. The predicted octanol–water partition coefficient (Wildman–Crippen LogP) is 8.05. The van der Waals surface area contributed by atoms with Crippen molar-refractivity contribution in [2.45, 2.75) is 95.9 Å². The molecular weight excluding hydrogens is 216 g/mol. The maximum Gasteiger partial charge on any atom is -0.0470 e. The molecule has 0 rings (SSSR count). The third kappa shape index (κ3) is 528. The van der Waals surface area contributed by atoms with Crippen LogP contribution >= 0.6 is 0 Å². The molecule has 0 bridgehead atoms. The van der Waals surface area contributed by atoms with Crippen molar-refractivity contribution in [1.82, 2.24) is 0 Å². The summed E-state index contributed by atoms with van der Waals surface area (Å²) in [4.78, 5) is 0. The fourth-order valence-electron chi connectivity index (χ4n) is 0.